The Morgan fingerprint density at radius 1 is 1.15 bits per heavy atom. The highest BCUT2D eigenvalue weighted by Crippen LogP contribution is 2.34. The predicted octanol–water partition coefficient (Wildman–Crippen LogP) is 5.48. The van der Waals surface area contributed by atoms with Crippen LogP contribution in [0.15, 0.2) is 36.4 Å². The fourth-order valence-electron chi connectivity index (χ4n) is 2.10. The van der Waals surface area contributed by atoms with Crippen LogP contribution >= 0.6 is 23.2 Å². The molecule has 2 aromatic rings. The predicted molar refractivity (Wildman–Crippen MR) is 86.2 cm³/mol. The van der Waals surface area contributed by atoms with E-state index in [0.717, 1.165) is 17.0 Å². The van der Waals surface area contributed by atoms with Crippen molar-refractivity contribution in [1.82, 2.24) is 0 Å². The second-order valence-corrected chi connectivity index (χ2v) is 5.50. The largest absolute Gasteiger partial charge is 0.496 e. The molecule has 0 radical (unpaired) electrons. The van der Waals surface area contributed by atoms with E-state index in [9.17, 15) is 0 Å². The molecule has 0 aliphatic heterocycles. The maximum atomic E-state index is 6.20. The number of halogens is 2. The topological polar surface area (TPSA) is 21.3 Å². The summed E-state index contributed by atoms with van der Waals surface area (Å²) >= 11 is 12.2. The summed E-state index contributed by atoms with van der Waals surface area (Å²) in [6, 6.07) is 11.8. The van der Waals surface area contributed by atoms with E-state index in [4.69, 9.17) is 27.9 Å². The molecule has 0 spiro atoms. The zero-order valence-corrected chi connectivity index (χ0v) is 13.2. The van der Waals surface area contributed by atoms with Crippen LogP contribution in [-0.2, 0) is 0 Å². The molecule has 20 heavy (non-hydrogen) atoms. The van der Waals surface area contributed by atoms with E-state index in [0.29, 0.717) is 10.0 Å². The highest BCUT2D eigenvalue weighted by atomic mass is 35.5. The lowest BCUT2D eigenvalue weighted by Gasteiger charge is -2.20. The molecule has 0 aliphatic rings. The summed E-state index contributed by atoms with van der Waals surface area (Å²) in [5, 5.41) is 4.44. The number of aryl methyl sites for hydroxylation is 1. The van der Waals surface area contributed by atoms with E-state index >= 15 is 0 Å². The van der Waals surface area contributed by atoms with E-state index in [1.54, 1.807) is 13.2 Å². The Morgan fingerprint density at radius 2 is 1.90 bits per heavy atom. The van der Waals surface area contributed by atoms with Crippen molar-refractivity contribution in [2.24, 2.45) is 0 Å². The third-order valence-corrected chi connectivity index (χ3v) is 4.00. The molecule has 0 bridgehead atoms. The molecule has 0 amide bonds. The Hall–Kier alpha value is -1.38. The Bertz CT molecular complexity index is 613. The van der Waals surface area contributed by atoms with Crippen molar-refractivity contribution in [3.63, 3.8) is 0 Å². The molecule has 2 nitrogen and oxygen atoms in total. The van der Waals surface area contributed by atoms with Gasteiger partial charge in [0.15, 0.2) is 0 Å². The first-order valence-corrected chi connectivity index (χ1v) is 7.13. The smallest absolute Gasteiger partial charge is 0.124 e. The summed E-state index contributed by atoms with van der Waals surface area (Å²) in [6.07, 6.45) is 0. The van der Waals surface area contributed by atoms with Crippen LogP contribution < -0.4 is 10.1 Å². The number of hydrogen-bond acceptors (Lipinski definition) is 2. The normalized spacial score (nSPS) is 12.1. The molecular weight excluding hydrogens is 293 g/mol. The van der Waals surface area contributed by atoms with Crippen molar-refractivity contribution in [3.8, 4) is 5.75 Å². The second kappa shape index (κ2) is 6.38. The lowest BCUT2D eigenvalue weighted by Crippen LogP contribution is -2.08. The number of rotatable bonds is 4. The fraction of sp³-hybridized carbons (Fsp3) is 0.250. The summed E-state index contributed by atoms with van der Waals surface area (Å²) in [5.41, 5.74) is 3.06. The Morgan fingerprint density at radius 3 is 2.60 bits per heavy atom. The van der Waals surface area contributed by atoms with Crippen LogP contribution in [0.3, 0.4) is 0 Å². The maximum absolute atomic E-state index is 6.20. The third kappa shape index (κ3) is 3.20. The van der Waals surface area contributed by atoms with Gasteiger partial charge in [0.05, 0.1) is 28.9 Å². The highest BCUT2D eigenvalue weighted by molar-refractivity contribution is 6.43. The summed E-state index contributed by atoms with van der Waals surface area (Å²) in [7, 11) is 1.68. The summed E-state index contributed by atoms with van der Waals surface area (Å²) in [6.45, 7) is 4.10. The first kappa shape index (κ1) is 15.0. The number of ether oxygens (including phenoxy) is 1. The molecule has 4 heteroatoms. The first-order valence-electron chi connectivity index (χ1n) is 6.38. The van der Waals surface area contributed by atoms with Crippen LogP contribution in [0.1, 0.15) is 24.1 Å². The van der Waals surface area contributed by atoms with Gasteiger partial charge in [0.25, 0.3) is 0 Å². The van der Waals surface area contributed by atoms with Crippen molar-refractivity contribution < 1.29 is 4.74 Å². The number of nitrogens with one attached hydrogen (secondary N) is 1. The second-order valence-electron chi connectivity index (χ2n) is 4.71. The van der Waals surface area contributed by atoms with Crippen LogP contribution in [0.4, 0.5) is 5.69 Å². The Kier molecular flexibility index (Phi) is 4.79. The summed E-state index contributed by atoms with van der Waals surface area (Å²) in [4.78, 5) is 0. The maximum Gasteiger partial charge on any atom is 0.124 e. The van der Waals surface area contributed by atoms with Crippen LogP contribution in [0.2, 0.25) is 10.0 Å². The van der Waals surface area contributed by atoms with Gasteiger partial charge in [-0.2, -0.15) is 0 Å². The van der Waals surface area contributed by atoms with Gasteiger partial charge in [-0.15, -0.1) is 0 Å². The first-order chi connectivity index (χ1) is 9.52. The molecule has 0 aromatic heterocycles. The lowest BCUT2D eigenvalue weighted by molar-refractivity contribution is 0.407. The van der Waals surface area contributed by atoms with Crippen molar-refractivity contribution >= 4 is 28.9 Å². The molecule has 0 fully saturated rings. The van der Waals surface area contributed by atoms with Gasteiger partial charge in [0.2, 0.25) is 0 Å². The number of anilines is 1. The molecule has 0 saturated heterocycles. The van der Waals surface area contributed by atoms with Gasteiger partial charge >= 0.3 is 0 Å². The molecular formula is C16H17Cl2NO. The monoisotopic (exact) mass is 309 g/mol. The van der Waals surface area contributed by atoms with E-state index in [1.165, 1.54) is 5.56 Å². The van der Waals surface area contributed by atoms with Gasteiger partial charge < -0.3 is 10.1 Å². The van der Waals surface area contributed by atoms with E-state index in [1.807, 2.05) is 25.1 Å². The molecule has 106 valence electrons. The number of benzene rings is 2. The number of hydrogen-bond donors (Lipinski definition) is 1. The van der Waals surface area contributed by atoms with Crippen LogP contribution in [0, 0.1) is 6.92 Å². The minimum absolute atomic E-state index is 0.0570. The molecule has 0 aliphatic carbocycles. The molecule has 2 aromatic carbocycles. The minimum atomic E-state index is 0.0570. The van der Waals surface area contributed by atoms with Crippen LogP contribution in [0.5, 0.6) is 5.75 Å². The molecule has 2 rings (SSSR count). The highest BCUT2D eigenvalue weighted by Gasteiger charge is 2.13. The summed E-state index contributed by atoms with van der Waals surface area (Å²) in [5.74, 6) is 0.864. The van der Waals surface area contributed by atoms with Gasteiger partial charge in [0, 0.05) is 5.56 Å². The van der Waals surface area contributed by atoms with Crippen LogP contribution in [-0.4, -0.2) is 7.11 Å². The minimum Gasteiger partial charge on any atom is -0.496 e. The standard InChI is InChI=1S/C16H17Cl2NO/c1-10-7-8-12(15(9-10)20-3)11(2)19-14-6-4-5-13(17)16(14)18/h4-9,11,19H,1-3H3. The average Bonchev–Trinajstić information content (AvgIpc) is 2.43. The number of methoxy groups -OCH3 is 1. The third-order valence-electron chi connectivity index (χ3n) is 3.18. The molecule has 0 saturated carbocycles. The van der Waals surface area contributed by atoms with Gasteiger partial charge in [-0.3, -0.25) is 0 Å². The van der Waals surface area contributed by atoms with E-state index < -0.39 is 0 Å². The quantitative estimate of drug-likeness (QED) is 0.807. The van der Waals surface area contributed by atoms with E-state index in [2.05, 4.69) is 24.4 Å². The van der Waals surface area contributed by atoms with Crippen molar-refractivity contribution in [2.45, 2.75) is 19.9 Å². The lowest BCUT2D eigenvalue weighted by atomic mass is 10.0. The Balaban J connectivity index is 2.28. The summed E-state index contributed by atoms with van der Waals surface area (Å²) < 4.78 is 5.44. The fourth-order valence-corrected chi connectivity index (χ4v) is 2.46. The van der Waals surface area contributed by atoms with Crippen LogP contribution in [0.25, 0.3) is 0 Å². The van der Waals surface area contributed by atoms with Gasteiger partial charge in [-0.05, 0) is 37.6 Å². The van der Waals surface area contributed by atoms with Crippen molar-refractivity contribution in [2.75, 3.05) is 12.4 Å². The molecule has 1 atom stereocenters. The average molecular weight is 310 g/mol. The zero-order valence-electron chi connectivity index (χ0n) is 11.7. The molecule has 1 unspecified atom stereocenters. The van der Waals surface area contributed by atoms with E-state index in [-0.39, 0.29) is 6.04 Å². The van der Waals surface area contributed by atoms with Gasteiger partial charge in [-0.25, -0.2) is 0 Å². The van der Waals surface area contributed by atoms with Crippen molar-refractivity contribution in [1.29, 1.82) is 0 Å². The van der Waals surface area contributed by atoms with Gasteiger partial charge in [-0.1, -0.05) is 41.4 Å². The van der Waals surface area contributed by atoms with Crippen molar-refractivity contribution in [3.05, 3.63) is 57.6 Å². The Labute approximate surface area is 129 Å². The van der Waals surface area contributed by atoms with Gasteiger partial charge in [0.1, 0.15) is 5.75 Å². The molecule has 0 heterocycles. The SMILES string of the molecule is COc1cc(C)ccc1C(C)Nc1cccc(Cl)c1Cl. The molecule has 1 N–H and O–H groups in total. The zero-order chi connectivity index (χ0) is 14.7.